The topological polar surface area (TPSA) is 67.4 Å². The van der Waals surface area contributed by atoms with Crippen molar-refractivity contribution < 1.29 is 22.7 Å². The molecule has 0 atom stereocenters. The maximum absolute atomic E-state index is 13.3. The van der Waals surface area contributed by atoms with Crippen molar-refractivity contribution in [3.05, 3.63) is 42.0 Å². The summed E-state index contributed by atoms with van der Waals surface area (Å²) < 4.78 is 45.0. The van der Waals surface area contributed by atoms with Crippen molar-refractivity contribution >= 4 is 32.8 Å². The molecule has 1 saturated heterocycles. The number of pyridine rings is 1. The van der Waals surface area contributed by atoms with E-state index in [1.165, 1.54) is 24.3 Å². The molecule has 0 aliphatic carbocycles. The third-order valence-electron chi connectivity index (χ3n) is 4.28. The minimum atomic E-state index is -4.47. The number of halogens is 3. The second-order valence-electron chi connectivity index (χ2n) is 6.11. The van der Waals surface area contributed by atoms with Crippen molar-refractivity contribution in [1.29, 1.82) is 0 Å². The number of ether oxygens (including phenoxy) is 1. The number of fused-ring (bicyclic) bond motifs is 1. The summed E-state index contributed by atoms with van der Waals surface area (Å²) in [5.41, 5.74) is -0.0259. The molecule has 1 aliphatic heterocycles. The second-order valence-corrected chi connectivity index (χ2v) is 7.09. The Labute approximate surface area is 162 Å². The number of nitrogens with zero attached hydrogens (tertiary/aromatic N) is 3. The Morgan fingerprint density at radius 2 is 1.86 bits per heavy atom. The van der Waals surface area contributed by atoms with Crippen LogP contribution in [-0.2, 0) is 10.9 Å². The highest BCUT2D eigenvalue weighted by molar-refractivity contribution is 7.21. The number of aromatic nitrogens is 2. The molecule has 4 rings (SSSR count). The van der Waals surface area contributed by atoms with Crippen molar-refractivity contribution in [3.63, 3.8) is 0 Å². The zero-order valence-corrected chi connectivity index (χ0v) is 15.3. The first kappa shape index (κ1) is 18.6. The minimum Gasteiger partial charge on any atom is -0.378 e. The van der Waals surface area contributed by atoms with Gasteiger partial charge in [-0.15, -0.1) is 0 Å². The molecule has 2 aromatic heterocycles. The summed E-state index contributed by atoms with van der Waals surface area (Å²) in [6.07, 6.45) is -4.47. The zero-order valence-electron chi connectivity index (χ0n) is 14.5. The summed E-state index contributed by atoms with van der Waals surface area (Å²) in [6, 6.07) is 8.12. The van der Waals surface area contributed by atoms with Gasteiger partial charge in [0.2, 0.25) is 0 Å². The van der Waals surface area contributed by atoms with E-state index in [2.05, 4.69) is 15.3 Å². The maximum Gasteiger partial charge on any atom is 0.417 e. The van der Waals surface area contributed by atoms with Gasteiger partial charge in [0.15, 0.2) is 5.13 Å². The van der Waals surface area contributed by atoms with E-state index in [9.17, 15) is 18.0 Å². The summed E-state index contributed by atoms with van der Waals surface area (Å²) in [7, 11) is 0. The van der Waals surface area contributed by atoms with Gasteiger partial charge in [-0.2, -0.15) is 13.2 Å². The number of alkyl halides is 3. The predicted octanol–water partition coefficient (Wildman–Crippen LogP) is 4.24. The van der Waals surface area contributed by atoms with Crippen molar-refractivity contribution in [3.8, 4) is 11.3 Å². The van der Waals surface area contributed by atoms with E-state index in [1.54, 1.807) is 11.0 Å². The highest BCUT2D eigenvalue weighted by Crippen LogP contribution is 2.37. The van der Waals surface area contributed by atoms with E-state index in [1.807, 2.05) is 0 Å². The standard InChI is InChI=1S/C18H15F3N4O2S/c19-18(20,21)12-4-2-1-3-11(12)13-5-6-14-15(22-13)28-16(23-14)24-17(26)25-7-9-27-10-8-25/h1-6H,7-10H2,(H,23,24,26). The first-order valence-electron chi connectivity index (χ1n) is 8.50. The fourth-order valence-corrected chi connectivity index (χ4v) is 3.74. The summed E-state index contributed by atoms with van der Waals surface area (Å²) in [6.45, 7) is 1.95. The molecular weight excluding hydrogens is 393 g/mol. The Morgan fingerprint density at radius 1 is 1.11 bits per heavy atom. The number of carbonyl (C=O) groups excluding carboxylic acids is 1. The van der Waals surface area contributed by atoms with Gasteiger partial charge in [0, 0.05) is 18.7 Å². The van der Waals surface area contributed by atoms with Crippen LogP contribution in [0.1, 0.15) is 5.56 Å². The van der Waals surface area contributed by atoms with Gasteiger partial charge in [0.25, 0.3) is 0 Å². The van der Waals surface area contributed by atoms with Crippen LogP contribution in [0.15, 0.2) is 36.4 Å². The molecule has 10 heteroatoms. The van der Waals surface area contributed by atoms with Crippen LogP contribution in [0.25, 0.3) is 21.6 Å². The highest BCUT2D eigenvalue weighted by atomic mass is 32.1. The minimum absolute atomic E-state index is 0.00389. The van der Waals surface area contributed by atoms with Gasteiger partial charge in [-0.25, -0.2) is 14.8 Å². The van der Waals surface area contributed by atoms with Gasteiger partial charge in [0.05, 0.1) is 24.5 Å². The quantitative estimate of drug-likeness (QED) is 0.689. The summed E-state index contributed by atoms with van der Waals surface area (Å²) in [5.74, 6) is 0. The van der Waals surface area contributed by atoms with Crippen LogP contribution in [0.5, 0.6) is 0 Å². The largest absolute Gasteiger partial charge is 0.417 e. The van der Waals surface area contributed by atoms with E-state index in [0.717, 1.165) is 17.4 Å². The van der Waals surface area contributed by atoms with Gasteiger partial charge in [-0.1, -0.05) is 29.5 Å². The van der Waals surface area contributed by atoms with E-state index < -0.39 is 11.7 Å². The highest BCUT2D eigenvalue weighted by Gasteiger charge is 2.33. The molecule has 2 amide bonds. The smallest absolute Gasteiger partial charge is 0.378 e. The van der Waals surface area contributed by atoms with Gasteiger partial charge in [0.1, 0.15) is 10.3 Å². The maximum atomic E-state index is 13.3. The number of nitrogens with one attached hydrogen (secondary N) is 1. The number of urea groups is 1. The second kappa shape index (κ2) is 7.36. The van der Waals surface area contributed by atoms with Crippen molar-refractivity contribution in [2.24, 2.45) is 0 Å². The van der Waals surface area contributed by atoms with Gasteiger partial charge in [-0.3, -0.25) is 5.32 Å². The summed E-state index contributed by atoms with van der Waals surface area (Å²) in [4.78, 5) is 23.0. The number of morpholine rings is 1. The number of hydrogen-bond acceptors (Lipinski definition) is 5. The number of hydrogen-bond donors (Lipinski definition) is 1. The van der Waals surface area contributed by atoms with E-state index in [0.29, 0.717) is 41.8 Å². The molecule has 0 radical (unpaired) electrons. The SMILES string of the molecule is O=C(Nc1nc2ccc(-c3ccccc3C(F)(F)F)nc2s1)N1CCOCC1. The van der Waals surface area contributed by atoms with Crippen molar-refractivity contribution in [1.82, 2.24) is 14.9 Å². The number of anilines is 1. The van der Waals surface area contributed by atoms with Gasteiger partial charge >= 0.3 is 12.2 Å². The van der Waals surface area contributed by atoms with Crippen LogP contribution in [-0.4, -0.2) is 47.2 Å². The lowest BCUT2D eigenvalue weighted by Gasteiger charge is -2.26. The Morgan fingerprint density at radius 3 is 2.61 bits per heavy atom. The fourth-order valence-electron chi connectivity index (χ4n) is 2.91. The summed E-state index contributed by atoms with van der Waals surface area (Å²) in [5, 5.41) is 3.06. The Bertz CT molecular complexity index is 1020. The van der Waals surface area contributed by atoms with E-state index in [-0.39, 0.29) is 17.3 Å². The van der Waals surface area contributed by atoms with Gasteiger partial charge < -0.3 is 9.64 Å². The number of thiazole rings is 1. The van der Waals surface area contributed by atoms with E-state index >= 15 is 0 Å². The molecule has 0 saturated carbocycles. The van der Waals surface area contributed by atoms with Crippen molar-refractivity contribution in [2.45, 2.75) is 6.18 Å². The lowest BCUT2D eigenvalue weighted by molar-refractivity contribution is -0.137. The number of benzene rings is 1. The van der Waals surface area contributed by atoms with Crippen LogP contribution >= 0.6 is 11.3 Å². The molecule has 1 fully saturated rings. The third kappa shape index (κ3) is 3.78. The molecule has 0 bridgehead atoms. The monoisotopic (exact) mass is 408 g/mol. The number of rotatable bonds is 2. The first-order valence-corrected chi connectivity index (χ1v) is 9.31. The lowest BCUT2D eigenvalue weighted by atomic mass is 10.0. The first-order chi connectivity index (χ1) is 13.4. The average molecular weight is 408 g/mol. The normalized spacial score (nSPS) is 15.0. The zero-order chi connectivity index (χ0) is 19.7. The van der Waals surface area contributed by atoms with Crippen LogP contribution in [0.4, 0.5) is 23.1 Å². The molecule has 146 valence electrons. The molecule has 3 heterocycles. The fraction of sp³-hybridized carbons (Fsp3) is 0.278. The van der Waals surface area contributed by atoms with Crippen molar-refractivity contribution in [2.75, 3.05) is 31.6 Å². The number of carbonyl (C=O) groups is 1. The molecule has 3 aromatic rings. The van der Waals surface area contributed by atoms with Gasteiger partial charge in [-0.05, 0) is 18.2 Å². The number of amides is 2. The molecular formula is C18H15F3N4O2S. The molecule has 28 heavy (non-hydrogen) atoms. The van der Waals surface area contributed by atoms with Crippen LogP contribution in [0.3, 0.4) is 0 Å². The molecule has 1 aromatic carbocycles. The van der Waals surface area contributed by atoms with Crippen LogP contribution < -0.4 is 5.32 Å². The molecule has 0 spiro atoms. The lowest BCUT2D eigenvalue weighted by Crippen LogP contribution is -2.43. The Hall–Kier alpha value is -2.72. The molecule has 1 aliphatic rings. The predicted molar refractivity (Wildman–Crippen MR) is 99.3 cm³/mol. The molecule has 1 N–H and O–H groups in total. The molecule has 0 unspecified atom stereocenters. The summed E-state index contributed by atoms with van der Waals surface area (Å²) >= 11 is 1.12. The Kier molecular flexibility index (Phi) is 4.90. The van der Waals surface area contributed by atoms with E-state index in [4.69, 9.17) is 4.74 Å². The van der Waals surface area contributed by atoms with Crippen LogP contribution in [0.2, 0.25) is 0 Å². The Balaban J connectivity index is 1.62. The molecule has 6 nitrogen and oxygen atoms in total. The average Bonchev–Trinajstić information content (AvgIpc) is 3.09. The van der Waals surface area contributed by atoms with Crippen LogP contribution in [0, 0.1) is 0 Å². The third-order valence-corrected chi connectivity index (χ3v) is 5.16.